The molecule has 2 aromatic carbocycles. The standard InChI is InChI=1S/C27H30N2O2/c1-5-7-25(30)20-9-11-21(12-10-20)28-19(4)22-16-24(26-8-6-13-31-26)29-27-18(3)14-17(2)15-23(22)27/h9-12,14-16,26,28H,4-8,13H2,1-3H3. The number of hydrogen-bond acceptors (Lipinski definition) is 4. The van der Waals surface area contributed by atoms with Crippen molar-refractivity contribution in [3.8, 4) is 0 Å². The molecule has 0 aliphatic carbocycles. The second kappa shape index (κ2) is 9.03. The Labute approximate surface area is 184 Å². The lowest BCUT2D eigenvalue weighted by Gasteiger charge is -2.18. The average molecular weight is 415 g/mol. The van der Waals surface area contributed by atoms with Gasteiger partial charge in [-0.3, -0.25) is 4.79 Å². The Bertz CT molecular complexity index is 1130. The highest BCUT2D eigenvalue weighted by atomic mass is 16.5. The maximum Gasteiger partial charge on any atom is 0.162 e. The fraction of sp³-hybridized carbons (Fsp3) is 0.333. The zero-order chi connectivity index (χ0) is 22.0. The molecular weight excluding hydrogens is 384 g/mol. The van der Waals surface area contributed by atoms with Gasteiger partial charge in [0.1, 0.15) is 0 Å². The van der Waals surface area contributed by atoms with Crippen LogP contribution in [0.5, 0.6) is 0 Å². The lowest BCUT2D eigenvalue weighted by molar-refractivity contribution is 0.0981. The van der Waals surface area contributed by atoms with Crippen LogP contribution in [0.25, 0.3) is 16.6 Å². The first-order chi connectivity index (χ1) is 15.0. The van der Waals surface area contributed by atoms with Gasteiger partial charge in [-0.15, -0.1) is 0 Å². The van der Waals surface area contributed by atoms with Gasteiger partial charge in [0.05, 0.1) is 17.3 Å². The minimum absolute atomic E-state index is 0.0421. The highest BCUT2D eigenvalue weighted by Crippen LogP contribution is 2.34. The number of Topliss-reactive ketones (excluding diaryl/α,β-unsaturated/α-hetero) is 1. The topological polar surface area (TPSA) is 51.2 Å². The number of anilines is 1. The summed E-state index contributed by atoms with van der Waals surface area (Å²) in [6, 6.07) is 14.1. The number of fused-ring (bicyclic) bond motifs is 1. The third-order valence-electron chi connectivity index (χ3n) is 5.83. The van der Waals surface area contributed by atoms with E-state index in [1.165, 1.54) is 5.56 Å². The molecule has 3 aromatic rings. The molecule has 160 valence electrons. The summed E-state index contributed by atoms with van der Waals surface area (Å²) in [6.45, 7) is 11.4. The first-order valence-electron chi connectivity index (χ1n) is 11.1. The van der Waals surface area contributed by atoms with E-state index < -0.39 is 0 Å². The van der Waals surface area contributed by atoms with Gasteiger partial charge in [0, 0.05) is 40.9 Å². The highest BCUT2D eigenvalue weighted by Gasteiger charge is 2.22. The van der Waals surface area contributed by atoms with Gasteiger partial charge in [-0.25, -0.2) is 4.98 Å². The van der Waals surface area contributed by atoms with E-state index in [0.717, 1.165) is 70.5 Å². The van der Waals surface area contributed by atoms with E-state index >= 15 is 0 Å². The summed E-state index contributed by atoms with van der Waals surface area (Å²) in [5, 5.41) is 4.52. The molecule has 1 fully saturated rings. The van der Waals surface area contributed by atoms with Crippen LogP contribution in [0.4, 0.5) is 5.69 Å². The summed E-state index contributed by atoms with van der Waals surface area (Å²) < 4.78 is 5.92. The molecule has 0 saturated carbocycles. The maximum atomic E-state index is 12.1. The lowest BCUT2D eigenvalue weighted by Crippen LogP contribution is -2.06. The Morgan fingerprint density at radius 2 is 1.97 bits per heavy atom. The Morgan fingerprint density at radius 3 is 2.65 bits per heavy atom. The first-order valence-corrected chi connectivity index (χ1v) is 11.1. The van der Waals surface area contributed by atoms with Gasteiger partial charge in [0.25, 0.3) is 0 Å². The van der Waals surface area contributed by atoms with Crippen molar-refractivity contribution in [2.45, 2.75) is 52.6 Å². The van der Waals surface area contributed by atoms with Crippen LogP contribution in [0.15, 0.2) is 49.0 Å². The minimum Gasteiger partial charge on any atom is -0.372 e. The van der Waals surface area contributed by atoms with Crippen LogP contribution in [0.2, 0.25) is 0 Å². The first kappa shape index (κ1) is 21.3. The molecule has 31 heavy (non-hydrogen) atoms. The third kappa shape index (κ3) is 4.54. The molecule has 2 heterocycles. The number of nitrogens with zero attached hydrogens (tertiary/aromatic N) is 1. The number of ketones is 1. The highest BCUT2D eigenvalue weighted by molar-refractivity contribution is 5.97. The van der Waals surface area contributed by atoms with Crippen LogP contribution in [0.3, 0.4) is 0 Å². The number of hydrogen-bond donors (Lipinski definition) is 1. The van der Waals surface area contributed by atoms with Crippen molar-refractivity contribution in [1.29, 1.82) is 0 Å². The number of carbonyl (C=O) groups is 1. The van der Waals surface area contributed by atoms with Crippen LogP contribution in [0, 0.1) is 13.8 Å². The molecule has 1 aliphatic rings. The van der Waals surface area contributed by atoms with E-state index in [-0.39, 0.29) is 11.9 Å². The van der Waals surface area contributed by atoms with Gasteiger partial charge in [-0.2, -0.15) is 0 Å². The number of benzene rings is 2. The normalized spacial score (nSPS) is 15.9. The van der Waals surface area contributed by atoms with Gasteiger partial charge >= 0.3 is 0 Å². The SMILES string of the molecule is C=C(Nc1ccc(C(=O)CCC)cc1)c1cc(C2CCCO2)nc2c(C)cc(C)cc12. The molecule has 1 N–H and O–H groups in total. The summed E-state index contributed by atoms with van der Waals surface area (Å²) in [5.74, 6) is 0.181. The number of rotatable bonds is 7. The maximum absolute atomic E-state index is 12.1. The Morgan fingerprint density at radius 1 is 1.19 bits per heavy atom. The molecule has 4 nitrogen and oxygen atoms in total. The van der Waals surface area contributed by atoms with Gasteiger partial charge < -0.3 is 10.1 Å². The summed E-state index contributed by atoms with van der Waals surface area (Å²) >= 11 is 0. The van der Waals surface area contributed by atoms with Crippen molar-refractivity contribution in [3.63, 3.8) is 0 Å². The second-order valence-electron chi connectivity index (χ2n) is 8.43. The predicted molar refractivity (Wildman–Crippen MR) is 127 cm³/mol. The summed E-state index contributed by atoms with van der Waals surface area (Å²) in [7, 11) is 0. The third-order valence-corrected chi connectivity index (χ3v) is 5.83. The minimum atomic E-state index is 0.0421. The number of pyridine rings is 1. The number of ether oxygens (including phenoxy) is 1. The average Bonchev–Trinajstić information content (AvgIpc) is 3.29. The smallest absolute Gasteiger partial charge is 0.162 e. The van der Waals surface area contributed by atoms with Gasteiger partial charge in [0.15, 0.2) is 5.78 Å². The van der Waals surface area contributed by atoms with Crippen molar-refractivity contribution in [2.75, 3.05) is 11.9 Å². The van der Waals surface area contributed by atoms with Crippen LogP contribution in [-0.2, 0) is 4.74 Å². The lowest BCUT2D eigenvalue weighted by atomic mass is 9.98. The van der Waals surface area contributed by atoms with E-state index in [4.69, 9.17) is 9.72 Å². The monoisotopic (exact) mass is 414 g/mol. The summed E-state index contributed by atoms with van der Waals surface area (Å²) in [5.41, 5.74) is 7.82. The Hall–Kier alpha value is -2.98. The fourth-order valence-electron chi connectivity index (χ4n) is 4.28. The van der Waals surface area contributed by atoms with Crippen molar-refractivity contribution in [3.05, 3.63) is 77.0 Å². The summed E-state index contributed by atoms with van der Waals surface area (Å²) in [6.07, 6.45) is 3.54. The van der Waals surface area contributed by atoms with Crippen molar-refractivity contribution < 1.29 is 9.53 Å². The largest absolute Gasteiger partial charge is 0.372 e. The molecule has 0 bridgehead atoms. The quantitative estimate of drug-likeness (QED) is 0.434. The zero-order valence-electron chi connectivity index (χ0n) is 18.6. The fourth-order valence-corrected chi connectivity index (χ4v) is 4.28. The van der Waals surface area contributed by atoms with Crippen LogP contribution >= 0.6 is 0 Å². The Kier molecular flexibility index (Phi) is 6.19. The molecule has 1 saturated heterocycles. The molecular formula is C27H30N2O2. The molecule has 0 spiro atoms. The van der Waals surface area contributed by atoms with Crippen molar-refractivity contribution in [1.82, 2.24) is 4.98 Å². The van der Waals surface area contributed by atoms with Crippen LogP contribution < -0.4 is 5.32 Å². The Balaban J connectivity index is 1.68. The molecule has 1 aromatic heterocycles. The summed E-state index contributed by atoms with van der Waals surface area (Å²) in [4.78, 5) is 17.1. The second-order valence-corrected chi connectivity index (χ2v) is 8.43. The number of carbonyl (C=O) groups excluding carboxylic acids is 1. The van der Waals surface area contributed by atoms with Gasteiger partial charge in [-0.05, 0) is 75.1 Å². The van der Waals surface area contributed by atoms with Gasteiger partial charge in [0.2, 0.25) is 0 Å². The van der Waals surface area contributed by atoms with E-state index in [2.05, 4.69) is 43.9 Å². The molecule has 0 radical (unpaired) electrons. The van der Waals surface area contributed by atoms with Crippen LogP contribution in [0.1, 0.15) is 71.5 Å². The molecule has 1 unspecified atom stereocenters. The van der Waals surface area contributed by atoms with Crippen molar-refractivity contribution in [2.24, 2.45) is 0 Å². The molecule has 1 aliphatic heterocycles. The van der Waals surface area contributed by atoms with Gasteiger partial charge in [-0.1, -0.05) is 25.1 Å². The number of aromatic nitrogens is 1. The van der Waals surface area contributed by atoms with E-state index in [1.54, 1.807) is 0 Å². The molecule has 4 heteroatoms. The van der Waals surface area contributed by atoms with E-state index in [0.29, 0.717) is 6.42 Å². The number of aryl methyl sites for hydroxylation is 2. The number of nitrogens with one attached hydrogen (secondary N) is 1. The molecule has 0 amide bonds. The van der Waals surface area contributed by atoms with E-state index in [9.17, 15) is 4.79 Å². The molecule has 4 rings (SSSR count). The zero-order valence-corrected chi connectivity index (χ0v) is 18.6. The van der Waals surface area contributed by atoms with Crippen LogP contribution in [-0.4, -0.2) is 17.4 Å². The molecule has 1 atom stereocenters. The predicted octanol–water partition coefficient (Wildman–Crippen LogP) is 6.77. The van der Waals surface area contributed by atoms with E-state index in [1.807, 2.05) is 31.2 Å². The van der Waals surface area contributed by atoms with Crippen molar-refractivity contribution >= 4 is 28.1 Å².